The molecule has 0 saturated carbocycles. The van der Waals surface area contributed by atoms with Crippen LogP contribution in [0.4, 0.5) is 0 Å². The largest absolute Gasteiger partial charge is 0.493 e. The van der Waals surface area contributed by atoms with Crippen molar-refractivity contribution in [2.24, 2.45) is 0 Å². The second-order valence-corrected chi connectivity index (χ2v) is 13.4. The van der Waals surface area contributed by atoms with E-state index < -0.39 is 0 Å². The molecule has 0 bridgehead atoms. The number of rotatable bonds is 16. The van der Waals surface area contributed by atoms with Crippen LogP contribution in [-0.2, 0) is 26.3 Å². The van der Waals surface area contributed by atoms with Crippen molar-refractivity contribution in [1.82, 2.24) is 30.0 Å². The molecule has 3 heterocycles. The van der Waals surface area contributed by atoms with E-state index in [1.54, 1.807) is 12.3 Å². The van der Waals surface area contributed by atoms with E-state index in [1.807, 2.05) is 19.2 Å². The molecule has 264 valence electrons. The number of halogens is 1. The first kappa shape index (κ1) is 35.9. The van der Waals surface area contributed by atoms with Crippen LogP contribution in [0, 0.1) is 25.2 Å². The van der Waals surface area contributed by atoms with Crippen molar-refractivity contribution in [1.29, 1.82) is 5.26 Å². The predicted octanol–water partition coefficient (Wildman–Crippen LogP) is 7.66. The molecule has 5 aromatic rings. The summed E-state index contributed by atoms with van der Waals surface area (Å²) in [4.78, 5) is 13.0. The zero-order chi connectivity index (χ0) is 35.6. The number of hydrogen-bond acceptors (Lipinski definition) is 9. The van der Waals surface area contributed by atoms with Gasteiger partial charge >= 0.3 is 0 Å². The summed E-state index contributed by atoms with van der Waals surface area (Å²) in [7, 11) is 1.99. The average molecular weight is 706 g/mol. The van der Waals surface area contributed by atoms with Crippen LogP contribution >= 0.6 is 11.6 Å². The van der Waals surface area contributed by atoms with Gasteiger partial charge in [0, 0.05) is 42.7 Å². The van der Waals surface area contributed by atoms with E-state index in [1.165, 1.54) is 38.5 Å². The number of aromatic nitrogens is 4. The molecule has 0 unspecified atom stereocenters. The Bertz CT molecular complexity index is 1950. The molecule has 0 atom stereocenters. The number of hydrogen-bond donors (Lipinski definition) is 1. The minimum Gasteiger partial charge on any atom is -0.493 e. The van der Waals surface area contributed by atoms with E-state index >= 15 is 0 Å². The molecule has 10 nitrogen and oxygen atoms in total. The lowest BCUT2D eigenvalue weighted by Gasteiger charge is -2.20. The zero-order valence-corrected chi connectivity index (χ0v) is 30.2. The fraction of sp³-hybridized carbons (Fsp3) is 0.350. The van der Waals surface area contributed by atoms with Gasteiger partial charge in [-0.25, -0.2) is 4.98 Å². The Morgan fingerprint density at radius 3 is 2.45 bits per heavy atom. The molecular formula is C40H44ClN7O3. The van der Waals surface area contributed by atoms with E-state index in [0.29, 0.717) is 48.4 Å². The summed E-state index contributed by atoms with van der Waals surface area (Å²) in [6.45, 7) is 10.1. The molecule has 1 N–H and O–H groups in total. The van der Waals surface area contributed by atoms with Gasteiger partial charge in [-0.15, -0.1) is 0 Å². The molecule has 2 aromatic heterocycles. The van der Waals surface area contributed by atoms with Crippen LogP contribution < -0.4 is 14.2 Å². The highest BCUT2D eigenvalue weighted by molar-refractivity contribution is 6.32. The van der Waals surface area contributed by atoms with Crippen molar-refractivity contribution in [3.63, 3.8) is 0 Å². The van der Waals surface area contributed by atoms with Crippen molar-refractivity contribution in [3.05, 3.63) is 118 Å². The number of pyridine rings is 1. The maximum absolute atomic E-state index is 9.33. The molecule has 0 aliphatic carbocycles. The number of ether oxygens (including phenoxy) is 3. The van der Waals surface area contributed by atoms with Crippen LogP contribution in [0.15, 0.2) is 73.3 Å². The van der Waals surface area contributed by atoms with Crippen LogP contribution in [-0.4, -0.2) is 63.3 Å². The first-order valence-corrected chi connectivity index (χ1v) is 17.7. The third-order valence-electron chi connectivity index (χ3n) is 9.24. The van der Waals surface area contributed by atoms with Gasteiger partial charge < -0.3 is 19.1 Å². The predicted molar refractivity (Wildman–Crippen MR) is 198 cm³/mol. The smallest absolute Gasteiger partial charge is 0.142 e. The molecule has 0 radical (unpaired) electrons. The summed E-state index contributed by atoms with van der Waals surface area (Å²) in [6.07, 6.45) is 8.36. The summed E-state index contributed by atoms with van der Waals surface area (Å²) < 4.78 is 19.0. The Hall–Kier alpha value is -4.95. The second kappa shape index (κ2) is 17.3. The van der Waals surface area contributed by atoms with Crippen LogP contribution in [0.2, 0.25) is 5.02 Å². The minimum atomic E-state index is 0.226. The topological polar surface area (TPSA) is 112 Å². The fourth-order valence-corrected chi connectivity index (χ4v) is 6.71. The highest BCUT2D eigenvalue weighted by atomic mass is 35.5. The Kier molecular flexibility index (Phi) is 12.2. The molecule has 1 saturated heterocycles. The quantitative estimate of drug-likeness (QED) is 0.103. The molecule has 51 heavy (non-hydrogen) atoms. The van der Waals surface area contributed by atoms with E-state index in [4.69, 9.17) is 25.8 Å². The molecule has 0 spiro atoms. The van der Waals surface area contributed by atoms with Crippen LogP contribution in [0.25, 0.3) is 11.1 Å². The summed E-state index contributed by atoms with van der Waals surface area (Å²) in [6, 6.07) is 20.2. The normalized spacial score (nSPS) is 13.0. The summed E-state index contributed by atoms with van der Waals surface area (Å²) in [5.41, 5.74) is 7.75. The number of nitrogens with zero attached hydrogens (tertiary/aromatic N) is 6. The van der Waals surface area contributed by atoms with Gasteiger partial charge in [-0.05, 0) is 99.3 Å². The lowest BCUT2D eigenvalue weighted by atomic mass is 9.93. The van der Waals surface area contributed by atoms with Gasteiger partial charge in [0.1, 0.15) is 48.7 Å². The number of H-pyrrole nitrogens is 1. The van der Waals surface area contributed by atoms with Crippen molar-refractivity contribution in [3.8, 4) is 34.4 Å². The number of benzene rings is 3. The number of nitriles is 1. The van der Waals surface area contributed by atoms with E-state index in [2.05, 4.69) is 86.3 Å². The van der Waals surface area contributed by atoms with Crippen LogP contribution in [0.1, 0.15) is 58.5 Å². The maximum atomic E-state index is 9.33. The monoisotopic (exact) mass is 705 g/mol. The van der Waals surface area contributed by atoms with Crippen molar-refractivity contribution < 1.29 is 14.2 Å². The van der Waals surface area contributed by atoms with Gasteiger partial charge in [0.25, 0.3) is 0 Å². The second-order valence-electron chi connectivity index (χ2n) is 13.0. The highest BCUT2D eigenvalue weighted by Gasteiger charge is 2.17. The first-order chi connectivity index (χ1) is 24.9. The minimum absolute atomic E-state index is 0.226. The lowest BCUT2D eigenvalue weighted by Crippen LogP contribution is -2.22. The molecule has 6 rings (SSSR count). The van der Waals surface area contributed by atoms with Gasteiger partial charge in [-0.3, -0.25) is 15.0 Å². The standard InChI is InChI=1S/C40H44ClN7O3/c1-28-32(9-6-10-34(28)35-11-7-12-37(29(35)2)49-16-8-15-48-13-4-5-14-48)26-51-39-19-38(50-25-31-17-30(20-42)21-43-22-31)33(18-36(39)41)23-47(3)24-40-44-27-45-46-40/h6-7,9-12,17-19,21-22,27H,4-5,8,13-16,23-26H2,1-3H3,(H,44,45,46). The Morgan fingerprint density at radius 1 is 0.882 bits per heavy atom. The highest BCUT2D eigenvalue weighted by Crippen LogP contribution is 2.37. The SMILES string of the molecule is Cc1c(COc2cc(OCc3cncc(C#N)c3)c(CN(C)Cc3ncn[nH]3)cc2Cl)cccc1-c1cccc(OCCCN2CCCC2)c1C. The van der Waals surface area contributed by atoms with E-state index in [-0.39, 0.29) is 6.61 Å². The lowest BCUT2D eigenvalue weighted by molar-refractivity contribution is 0.262. The van der Waals surface area contributed by atoms with Crippen LogP contribution in [0.3, 0.4) is 0 Å². The van der Waals surface area contributed by atoms with Gasteiger partial charge in [0.2, 0.25) is 0 Å². The molecule has 11 heteroatoms. The van der Waals surface area contributed by atoms with Gasteiger partial charge in [-0.2, -0.15) is 10.4 Å². The Morgan fingerprint density at radius 2 is 1.67 bits per heavy atom. The summed E-state index contributed by atoms with van der Waals surface area (Å²) in [5, 5.41) is 16.7. The van der Waals surface area contributed by atoms with Crippen molar-refractivity contribution in [2.45, 2.75) is 59.4 Å². The van der Waals surface area contributed by atoms with Crippen molar-refractivity contribution in [2.75, 3.05) is 33.3 Å². The van der Waals surface area contributed by atoms with Crippen LogP contribution in [0.5, 0.6) is 17.2 Å². The number of aromatic amines is 1. The number of likely N-dealkylation sites (tertiary alicyclic amines) is 1. The van der Waals surface area contributed by atoms with Gasteiger partial charge in [0.15, 0.2) is 0 Å². The summed E-state index contributed by atoms with van der Waals surface area (Å²) in [5.74, 6) is 2.82. The molecule has 1 fully saturated rings. The molecule has 1 aliphatic rings. The third kappa shape index (κ3) is 9.44. The van der Waals surface area contributed by atoms with E-state index in [9.17, 15) is 5.26 Å². The molecule has 0 amide bonds. The van der Waals surface area contributed by atoms with Gasteiger partial charge in [0.05, 0.1) is 23.7 Å². The number of nitrogens with one attached hydrogen (secondary N) is 1. The first-order valence-electron chi connectivity index (χ1n) is 17.4. The Balaban J connectivity index is 1.17. The molecule has 3 aromatic carbocycles. The average Bonchev–Trinajstić information content (AvgIpc) is 3.86. The fourth-order valence-electron chi connectivity index (χ4n) is 6.47. The molecular weight excluding hydrogens is 662 g/mol. The zero-order valence-electron chi connectivity index (χ0n) is 29.5. The summed E-state index contributed by atoms with van der Waals surface area (Å²) >= 11 is 6.85. The van der Waals surface area contributed by atoms with Gasteiger partial charge in [-0.1, -0.05) is 41.9 Å². The van der Waals surface area contributed by atoms with E-state index in [0.717, 1.165) is 63.5 Å². The van der Waals surface area contributed by atoms with Crippen molar-refractivity contribution >= 4 is 11.6 Å². The Labute approximate surface area is 305 Å². The maximum Gasteiger partial charge on any atom is 0.142 e. The third-order valence-corrected chi connectivity index (χ3v) is 9.53. The molecule has 1 aliphatic heterocycles.